The number of rotatable bonds is 5. The number of likely N-dealkylation sites (tertiary alicyclic amines) is 1. The van der Waals surface area contributed by atoms with Gasteiger partial charge in [0.25, 0.3) is 0 Å². The minimum atomic E-state index is -0.935. The first-order valence-corrected chi connectivity index (χ1v) is 6.68. The molecule has 1 aliphatic heterocycles. The van der Waals surface area contributed by atoms with Crippen molar-refractivity contribution < 1.29 is 15.0 Å². The maximum Gasteiger partial charge on any atom is 0.335 e. The summed E-state index contributed by atoms with van der Waals surface area (Å²) < 4.78 is 0. The molecule has 2 rings (SSSR count). The van der Waals surface area contributed by atoms with Crippen molar-refractivity contribution in [1.82, 2.24) is 9.88 Å². The molecular formula is C14H20N2O3. The van der Waals surface area contributed by atoms with E-state index in [1.165, 1.54) is 12.3 Å². The standard InChI is InChI=1S/C14H20N2O3/c1-2-10-4-6-16(13(10)9-17)8-12-7-11(14(18)19)3-5-15-12/h3,5,7,10,13,17H,2,4,6,8-9H2,1H3,(H,18,19)/t10-,13+/m0/s1. The smallest absolute Gasteiger partial charge is 0.335 e. The third kappa shape index (κ3) is 3.11. The van der Waals surface area contributed by atoms with Gasteiger partial charge in [0.1, 0.15) is 0 Å². The van der Waals surface area contributed by atoms with Gasteiger partial charge in [-0.15, -0.1) is 0 Å². The highest BCUT2D eigenvalue weighted by Crippen LogP contribution is 2.27. The molecule has 104 valence electrons. The lowest BCUT2D eigenvalue weighted by Crippen LogP contribution is -2.35. The van der Waals surface area contributed by atoms with Gasteiger partial charge in [-0.05, 0) is 31.0 Å². The molecule has 19 heavy (non-hydrogen) atoms. The molecule has 0 bridgehead atoms. The largest absolute Gasteiger partial charge is 0.478 e. The third-order valence-corrected chi connectivity index (χ3v) is 3.94. The van der Waals surface area contributed by atoms with E-state index in [-0.39, 0.29) is 18.2 Å². The van der Waals surface area contributed by atoms with Crippen molar-refractivity contribution in [3.63, 3.8) is 0 Å². The zero-order valence-corrected chi connectivity index (χ0v) is 11.1. The molecule has 0 amide bonds. The molecule has 1 saturated heterocycles. The zero-order chi connectivity index (χ0) is 13.8. The fraction of sp³-hybridized carbons (Fsp3) is 0.571. The molecule has 0 saturated carbocycles. The second-order valence-corrected chi connectivity index (χ2v) is 5.02. The number of carboxylic acids is 1. The van der Waals surface area contributed by atoms with Crippen molar-refractivity contribution in [2.24, 2.45) is 5.92 Å². The highest BCUT2D eigenvalue weighted by atomic mass is 16.4. The van der Waals surface area contributed by atoms with E-state index in [9.17, 15) is 9.90 Å². The van der Waals surface area contributed by atoms with Gasteiger partial charge in [-0.1, -0.05) is 13.3 Å². The maximum absolute atomic E-state index is 10.9. The number of carboxylic acid groups (broad SMARTS) is 1. The van der Waals surface area contributed by atoms with Crippen LogP contribution in [-0.2, 0) is 6.54 Å². The van der Waals surface area contributed by atoms with Crippen LogP contribution in [0.4, 0.5) is 0 Å². The lowest BCUT2D eigenvalue weighted by Gasteiger charge is -2.25. The Balaban J connectivity index is 2.08. The van der Waals surface area contributed by atoms with Crippen LogP contribution in [-0.4, -0.2) is 45.3 Å². The Labute approximate surface area is 112 Å². The van der Waals surface area contributed by atoms with Gasteiger partial charge in [0.2, 0.25) is 0 Å². The highest BCUT2D eigenvalue weighted by molar-refractivity contribution is 5.87. The Morgan fingerprint density at radius 2 is 2.37 bits per heavy atom. The highest BCUT2D eigenvalue weighted by Gasteiger charge is 2.32. The quantitative estimate of drug-likeness (QED) is 0.840. The summed E-state index contributed by atoms with van der Waals surface area (Å²) in [5.41, 5.74) is 1.01. The summed E-state index contributed by atoms with van der Waals surface area (Å²) in [4.78, 5) is 17.3. The molecule has 0 aliphatic carbocycles. The van der Waals surface area contributed by atoms with Crippen LogP contribution >= 0.6 is 0 Å². The molecule has 0 radical (unpaired) electrons. The summed E-state index contributed by atoms with van der Waals surface area (Å²) in [5, 5.41) is 18.5. The number of pyridine rings is 1. The van der Waals surface area contributed by atoms with Crippen LogP contribution in [0, 0.1) is 5.92 Å². The molecule has 2 atom stereocenters. The van der Waals surface area contributed by atoms with Gasteiger partial charge < -0.3 is 10.2 Å². The first-order valence-electron chi connectivity index (χ1n) is 6.68. The molecule has 1 aliphatic rings. The van der Waals surface area contributed by atoms with E-state index in [4.69, 9.17) is 5.11 Å². The predicted octanol–water partition coefficient (Wildman–Crippen LogP) is 1.37. The first-order chi connectivity index (χ1) is 9.15. The molecule has 0 spiro atoms. The van der Waals surface area contributed by atoms with Gasteiger partial charge in [-0.2, -0.15) is 0 Å². The van der Waals surface area contributed by atoms with Crippen molar-refractivity contribution in [2.45, 2.75) is 32.4 Å². The van der Waals surface area contributed by atoms with E-state index in [1.807, 2.05) is 0 Å². The Kier molecular flexibility index (Phi) is 4.50. The Morgan fingerprint density at radius 1 is 1.58 bits per heavy atom. The van der Waals surface area contributed by atoms with E-state index >= 15 is 0 Å². The van der Waals surface area contributed by atoms with Gasteiger partial charge >= 0.3 is 5.97 Å². The lowest BCUT2D eigenvalue weighted by atomic mass is 9.98. The molecule has 0 aromatic carbocycles. The molecule has 5 heteroatoms. The molecule has 5 nitrogen and oxygen atoms in total. The number of carbonyl (C=O) groups is 1. The van der Waals surface area contributed by atoms with Crippen LogP contribution in [0.25, 0.3) is 0 Å². The van der Waals surface area contributed by atoms with Crippen LogP contribution < -0.4 is 0 Å². The summed E-state index contributed by atoms with van der Waals surface area (Å²) in [7, 11) is 0. The van der Waals surface area contributed by atoms with Gasteiger partial charge in [-0.3, -0.25) is 9.88 Å². The van der Waals surface area contributed by atoms with Crippen molar-refractivity contribution in [2.75, 3.05) is 13.2 Å². The van der Waals surface area contributed by atoms with Crippen LogP contribution in [0.2, 0.25) is 0 Å². The normalized spacial score (nSPS) is 23.7. The topological polar surface area (TPSA) is 73.7 Å². The van der Waals surface area contributed by atoms with Crippen LogP contribution in [0.15, 0.2) is 18.3 Å². The molecular weight excluding hydrogens is 244 g/mol. The fourth-order valence-electron chi connectivity index (χ4n) is 2.83. The Bertz CT molecular complexity index is 450. The first kappa shape index (κ1) is 14.0. The van der Waals surface area contributed by atoms with Gasteiger partial charge in [0.15, 0.2) is 0 Å². The summed E-state index contributed by atoms with van der Waals surface area (Å²) in [6.45, 7) is 3.82. The van der Waals surface area contributed by atoms with Crippen molar-refractivity contribution in [3.8, 4) is 0 Å². The second kappa shape index (κ2) is 6.12. The molecule has 0 unspecified atom stereocenters. The third-order valence-electron chi connectivity index (χ3n) is 3.94. The number of aliphatic hydroxyl groups excluding tert-OH is 1. The maximum atomic E-state index is 10.9. The minimum absolute atomic E-state index is 0.150. The Hall–Kier alpha value is -1.46. The average Bonchev–Trinajstić information content (AvgIpc) is 2.80. The minimum Gasteiger partial charge on any atom is -0.478 e. The molecule has 1 fully saturated rings. The van der Waals surface area contributed by atoms with Gasteiger partial charge in [-0.25, -0.2) is 4.79 Å². The molecule has 2 N–H and O–H groups in total. The van der Waals surface area contributed by atoms with E-state index in [1.54, 1.807) is 6.07 Å². The number of hydrogen-bond acceptors (Lipinski definition) is 4. The lowest BCUT2D eigenvalue weighted by molar-refractivity contribution is 0.0696. The zero-order valence-electron chi connectivity index (χ0n) is 11.1. The van der Waals surface area contributed by atoms with Gasteiger partial charge in [0, 0.05) is 18.8 Å². The number of hydrogen-bond donors (Lipinski definition) is 2. The van der Waals surface area contributed by atoms with Gasteiger partial charge in [0.05, 0.1) is 17.9 Å². The summed E-state index contributed by atoms with van der Waals surface area (Å²) in [5.74, 6) is -0.414. The van der Waals surface area contributed by atoms with E-state index in [2.05, 4.69) is 16.8 Å². The predicted molar refractivity (Wildman–Crippen MR) is 70.9 cm³/mol. The van der Waals surface area contributed by atoms with Crippen LogP contribution in [0.3, 0.4) is 0 Å². The Morgan fingerprint density at radius 3 is 3.00 bits per heavy atom. The number of aromatic carboxylic acids is 1. The SMILES string of the molecule is CC[C@H]1CCN(Cc2cc(C(=O)O)ccn2)[C@@H]1CO. The van der Waals surface area contributed by atoms with Crippen molar-refractivity contribution in [1.29, 1.82) is 0 Å². The van der Waals surface area contributed by atoms with Crippen molar-refractivity contribution in [3.05, 3.63) is 29.6 Å². The second-order valence-electron chi connectivity index (χ2n) is 5.02. The van der Waals surface area contributed by atoms with Crippen molar-refractivity contribution >= 4 is 5.97 Å². The number of nitrogens with zero attached hydrogens (tertiary/aromatic N) is 2. The molecule has 2 heterocycles. The molecule has 1 aromatic heterocycles. The number of aliphatic hydroxyl groups is 1. The summed E-state index contributed by atoms with van der Waals surface area (Å²) in [6.07, 6.45) is 3.67. The van der Waals surface area contributed by atoms with E-state index in [0.717, 1.165) is 25.1 Å². The average molecular weight is 264 g/mol. The van der Waals surface area contributed by atoms with Crippen LogP contribution in [0.1, 0.15) is 35.8 Å². The summed E-state index contributed by atoms with van der Waals surface area (Å²) >= 11 is 0. The summed E-state index contributed by atoms with van der Waals surface area (Å²) in [6, 6.07) is 3.27. The molecule has 1 aromatic rings. The van der Waals surface area contributed by atoms with E-state index in [0.29, 0.717) is 12.5 Å². The monoisotopic (exact) mass is 264 g/mol. The van der Waals surface area contributed by atoms with Crippen LogP contribution in [0.5, 0.6) is 0 Å². The van der Waals surface area contributed by atoms with E-state index < -0.39 is 5.97 Å². The fourth-order valence-corrected chi connectivity index (χ4v) is 2.83. The number of aromatic nitrogens is 1.